The van der Waals surface area contributed by atoms with Crippen LogP contribution in [0.1, 0.15) is 47.2 Å². The van der Waals surface area contributed by atoms with Crippen LogP contribution in [0.25, 0.3) is 10.9 Å². The first-order valence-corrected chi connectivity index (χ1v) is 9.68. The van der Waals surface area contributed by atoms with Crippen LogP contribution in [-0.2, 0) is 11.3 Å². The first kappa shape index (κ1) is 21.6. The van der Waals surface area contributed by atoms with Gasteiger partial charge in [-0.15, -0.1) is 0 Å². The Kier molecular flexibility index (Phi) is 6.94. The first-order valence-electron chi connectivity index (χ1n) is 9.68. The van der Waals surface area contributed by atoms with E-state index in [4.69, 9.17) is 4.74 Å². The third-order valence-corrected chi connectivity index (χ3v) is 3.87. The maximum absolute atomic E-state index is 12.0. The first-order chi connectivity index (χ1) is 13.1. The molecule has 0 fully saturated rings. The minimum absolute atomic E-state index is 0.431. The van der Waals surface area contributed by atoms with Crippen LogP contribution in [0.3, 0.4) is 0 Å². The number of amides is 1. The molecular formula is C21H33N5O2. The largest absolute Gasteiger partial charge is 0.444 e. The number of carbonyl (C=O) groups excluding carboxylic acids is 1. The van der Waals surface area contributed by atoms with Crippen molar-refractivity contribution in [3.63, 3.8) is 0 Å². The predicted molar refractivity (Wildman–Crippen MR) is 115 cm³/mol. The summed E-state index contributed by atoms with van der Waals surface area (Å²) in [6.07, 6.45) is -0.431. The van der Waals surface area contributed by atoms with Crippen LogP contribution in [0.15, 0.2) is 35.3 Å². The number of carbonyl (C=O) groups is 1. The Morgan fingerprint density at radius 1 is 1.14 bits per heavy atom. The second-order valence-corrected chi connectivity index (χ2v) is 8.44. The molecule has 2 aromatic rings. The van der Waals surface area contributed by atoms with Crippen LogP contribution in [-0.4, -0.2) is 41.3 Å². The zero-order valence-corrected chi connectivity index (χ0v) is 17.8. The van der Waals surface area contributed by atoms with E-state index in [2.05, 4.69) is 44.1 Å². The van der Waals surface area contributed by atoms with Gasteiger partial charge in [0.15, 0.2) is 5.96 Å². The minimum atomic E-state index is -0.524. The molecule has 2 rings (SSSR count). The van der Waals surface area contributed by atoms with Gasteiger partial charge in [-0.2, -0.15) is 0 Å². The Morgan fingerprint density at radius 3 is 2.50 bits per heavy atom. The maximum atomic E-state index is 12.0. The quantitative estimate of drug-likeness (QED) is 0.451. The monoisotopic (exact) mass is 387 g/mol. The van der Waals surface area contributed by atoms with Crippen LogP contribution in [0, 0.1) is 0 Å². The SMILES string of the molecule is CCNC(=NCc1cc2ccccc2[nH]1)NCC(C)(C)NC(=O)OC(C)(C)C. The summed E-state index contributed by atoms with van der Waals surface area (Å²) in [6, 6.07) is 10.3. The van der Waals surface area contributed by atoms with Crippen molar-refractivity contribution in [3.8, 4) is 0 Å². The number of aromatic amines is 1. The summed E-state index contributed by atoms with van der Waals surface area (Å²) in [7, 11) is 0. The third-order valence-electron chi connectivity index (χ3n) is 3.87. The van der Waals surface area contributed by atoms with Gasteiger partial charge in [0.2, 0.25) is 0 Å². The summed E-state index contributed by atoms with van der Waals surface area (Å²) >= 11 is 0. The van der Waals surface area contributed by atoms with Crippen molar-refractivity contribution in [2.45, 2.75) is 59.2 Å². The molecule has 7 nitrogen and oxygen atoms in total. The van der Waals surface area contributed by atoms with Gasteiger partial charge < -0.3 is 25.7 Å². The van der Waals surface area contributed by atoms with Gasteiger partial charge in [0.05, 0.1) is 12.1 Å². The zero-order chi connectivity index (χ0) is 20.8. The molecule has 0 atom stereocenters. The van der Waals surface area contributed by atoms with Crippen molar-refractivity contribution in [2.75, 3.05) is 13.1 Å². The average molecular weight is 388 g/mol. The molecule has 0 bridgehead atoms. The Hall–Kier alpha value is -2.70. The van der Waals surface area contributed by atoms with E-state index in [1.165, 1.54) is 5.39 Å². The fourth-order valence-corrected chi connectivity index (χ4v) is 2.65. The van der Waals surface area contributed by atoms with Gasteiger partial charge in [-0.1, -0.05) is 18.2 Å². The number of fused-ring (bicyclic) bond motifs is 1. The highest BCUT2D eigenvalue weighted by Crippen LogP contribution is 2.15. The molecule has 0 unspecified atom stereocenters. The molecule has 154 valence electrons. The topological polar surface area (TPSA) is 90.5 Å². The smallest absolute Gasteiger partial charge is 0.408 e. The number of aliphatic imine (C=N–C) groups is 1. The summed E-state index contributed by atoms with van der Waals surface area (Å²) < 4.78 is 5.33. The number of benzene rings is 1. The molecule has 4 N–H and O–H groups in total. The fourth-order valence-electron chi connectivity index (χ4n) is 2.65. The lowest BCUT2D eigenvalue weighted by molar-refractivity contribution is 0.0474. The molecule has 0 aliphatic rings. The van der Waals surface area contributed by atoms with Gasteiger partial charge in [-0.25, -0.2) is 9.79 Å². The molecule has 0 aliphatic heterocycles. The van der Waals surface area contributed by atoms with Crippen molar-refractivity contribution in [3.05, 3.63) is 36.0 Å². The number of rotatable bonds is 6. The van der Waals surface area contributed by atoms with Crippen molar-refractivity contribution in [1.82, 2.24) is 20.9 Å². The second kappa shape index (κ2) is 8.99. The Labute approximate surface area is 167 Å². The van der Waals surface area contributed by atoms with Crippen LogP contribution >= 0.6 is 0 Å². The fraction of sp³-hybridized carbons (Fsp3) is 0.524. The van der Waals surface area contributed by atoms with Crippen LogP contribution in [0.4, 0.5) is 4.79 Å². The Bertz CT molecular complexity index is 785. The van der Waals surface area contributed by atoms with Gasteiger partial charge in [-0.05, 0) is 59.1 Å². The van der Waals surface area contributed by atoms with Gasteiger partial charge in [0.25, 0.3) is 0 Å². The van der Waals surface area contributed by atoms with E-state index in [1.54, 1.807) is 0 Å². The van der Waals surface area contributed by atoms with Crippen molar-refractivity contribution < 1.29 is 9.53 Å². The number of ether oxygens (including phenoxy) is 1. The molecule has 28 heavy (non-hydrogen) atoms. The van der Waals surface area contributed by atoms with Crippen molar-refractivity contribution >= 4 is 23.0 Å². The van der Waals surface area contributed by atoms with Gasteiger partial charge >= 0.3 is 6.09 Å². The summed E-state index contributed by atoms with van der Waals surface area (Å²) in [5, 5.41) is 10.6. The molecule has 1 aromatic heterocycles. The third kappa shape index (κ3) is 7.13. The highest BCUT2D eigenvalue weighted by Gasteiger charge is 2.24. The molecule has 0 radical (unpaired) electrons. The van der Waals surface area contributed by atoms with E-state index in [9.17, 15) is 4.79 Å². The molecule has 7 heteroatoms. The van der Waals surface area contributed by atoms with Gasteiger partial charge in [0, 0.05) is 24.3 Å². The van der Waals surface area contributed by atoms with Crippen molar-refractivity contribution in [2.24, 2.45) is 4.99 Å². The number of guanidine groups is 1. The van der Waals surface area contributed by atoms with Gasteiger partial charge in [-0.3, -0.25) is 0 Å². The van der Waals surface area contributed by atoms with E-state index in [0.29, 0.717) is 19.0 Å². The van der Waals surface area contributed by atoms with Crippen molar-refractivity contribution in [1.29, 1.82) is 0 Å². The molecule has 0 saturated heterocycles. The van der Waals surface area contributed by atoms with Crippen LogP contribution < -0.4 is 16.0 Å². The molecule has 0 spiro atoms. The van der Waals surface area contributed by atoms with E-state index in [0.717, 1.165) is 17.8 Å². The molecule has 0 aliphatic carbocycles. The normalized spacial score (nSPS) is 12.7. The lowest BCUT2D eigenvalue weighted by Gasteiger charge is -2.29. The number of hydrogen-bond donors (Lipinski definition) is 4. The molecule has 1 heterocycles. The number of alkyl carbamates (subject to hydrolysis) is 1. The second-order valence-electron chi connectivity index (χ2n) is 8.44. The standard InChI is InChI=1S/C21H33N5O2/c1-7-22-18(23-13-16-12-15-10-8-9-11-17(15)25-16)24-14-21(5,6)26-19(27)28-20(2,3)4/h8-12,25H,7,13-14H2,1-6H3,(H,26,27)(H2,22,23,24). The van der Waals surface area contributed by atoms with E-state index >= 15 is 0 Å². The van der Waals surface area contributed by atoms with E-state index < -0.39 is 17.2 Å². The van der Waals surface area contributed by atoms with E-state index in [-0.39, 0.29) is 0 Å². The Morgan fingerprint density at radius 2 is 1.86 bits per heavy atom. The molecule has 0 saturated carbocycles. The summed E-state index contributed by atoms with van der Waals surface area (Å²) in [5.41, 5.74) is 1.13. The summed E-state index contributed by atoms with van der Waals surface area (Å²) in [4.78, 5) is 20.0. The zero-order valence-electron chi connectivity index (χ0n) is 17.8. The predicted octanol–water partition coefficient (Wildman–Crippen LogP) is 3.53. The number of para-hydroxylation sites is 1. The van der Waals surface area contributed by atoms with E-state index in [1.807, 2.05) is 53.7 Å². The highest BCUT2D eigenvalue weighted by atomic mass is 16.6. The Balaban J connectivity index is 1.95. The lowest BCUT2D eigenvalue weighted by Crippen LogP contribution is -2.54. The van der Waals surface area contributed by atoms with Crippen LogP contribution in [0.5, 0.6) is 0 Å². The number of nitrogens with one attached hydrogen (secondary N) is 4. The molecular weight excluding hydrogens is 354 g/mol. The lowest BCUT2D eigenvalue weighted by atomic mass is 10.1. The number of nitrogens with zero attached hydrogens (tertiary/aromatic N) is 1. The number of H-pyrrole nitrogens is 1. The summed E-state index contributed by atoms with van der Waals surface area (Å²) in [6.45, 7) is 13.2. The average Bonchev–Trinajstić information content (AvgIpc) is 2.98. The number of hydrogen-bond acceptors (Lipinski definition) is 3. The maximum Gasteiger partial charge on any atom is 0.408 e. The molecule has 1 amide bonds. The highest BCUT2D eigenvalue weighted by molar-refractivity contribution is 5.81. The van der Waals surface area contributed by atoms with Crippen LogP contribution in [0.2, 0.25) is 0 Å². The molecule has 1 aromatic carbocycles. The minimum Gasteiger partial charge on any atom is -0.444 e. The summed E-state index contributed by atoms with van der Waals surface area (Å²) in [5.74, 6) is 0.695. The number of aromatic nitrogens is 1. The van der Waals surface area contributed by atoms with Gasteiger partial charge in [0.1, 0.15) is 5.60 Å².